The normalized spacial score (nSPS) is 25.9. The number of carbonyl (C=O) groups is 1. The van der Waals surface area contributed by atoms with Gasteiger partial charge in [0.15, 0.2) is 0 Å². The molecule has 1 aliphatic carbocycles. The Kier molecular flexibility index (Phi) is 8.11. The molecule has 2 atom stereocenters. The van der Waals surface area contributed by atoms with Gasteiger partial charge in [-0.05, 0) is 38.5 Å². The van der Waals surface area contributed by atoms with Crippen molar-refractivity contribution in [3.63, 3.8) is 0 Å². The first-order chi connectivity index (χ1) is 9.65. The van der Waals surface area contributed by atoms with Gasteiger partial charge in [0.2, 0.25) is 0 Å². The summed E-state index contributed by atoms with van der Waals surface area (Å²) >= 11 is 0. The van der Waals surface area contributed by atoms with E-state index in [1.165, 1.54) is 0 Å². The topological polar surface area (TPSA) is 70.8 Å². The molecule has 0 aromatic carbocycles. The SMILES string of the molecule is CCCOCCOCCC1CCCC1(N)C(=O)OCC. The van der Waals surface area contributed by atoms with Gasteiger partial charge in [-0.25, -0.2) is 0 Å². The summed E-state index contributed by atoms with van der Waals surface area (Å²) in [6, 6.07) is 0. The van der Waals surface area contributed by atoms with E-state index in [-0.39, 0.29) is 11.9 Å². The zero-order valence-corrected chi connectivity index (χ0v) is 12.9. The van der Waals surface area contributed by atoms with Crippen molar-refractivity contribution in [3.05, 3.63) is 0 Å². The van der Waals surface area contributed by atoms with Gasteiger partial charge in [-0.1, -0.05) is 13.3 Å². The van der Waals surface area contributed by atoms with E-state index < -0.39 is 5.54 Å². The molecule has 0 amide bonds. The summed E-state index contributed by atoms with van der Waals surface area (Å²) < 4.78 is 16.0. The highest BCUT2D eigenvalue weighted by molar-refractivity contribution is 5.81. The van der Waals surface area contributed by atoms with Gasteiger partial charge in [0.25, 0.3) is 0 Å². The molecular formula is C15H29NO4. The van der Waals surface area contributed by atoms with Crippen molar-refractivity contribution < 1.29 is 19.0 Å². The van der Waals surface area contributed by atoms with E-state index in [9.17, 15) is 4.79 Å². The smallest absolute Gasteiger partial charge is 0.326 e. The molecule has 5 heteroatoms. The number of hydrogen-bond acceptors (Lipinski definition) is 5. The van der Waals surface area contributed by atoms with Crippen LogP contribution in [0.3, 0.4) is 0 Å². The van der Waals surface area contributed by atoms with Crippen molar-refractivity contribution >= 4 is 5.97 Å². The molecule has 0 bridgehead atoms. The Labute approximate surface area is 122 Å². The summed E-state index contributed by atoms with van der Waals surface area (Å²) in [5.74, 6) is -0.0908. The summed E-state index contributed by atoms with van der Waals surface area (Å²) in [6.45, 7) is 6.91. The number of hydrogen-bond donors (Lipinski definition) is 1. The average Bonchev–Trinajstić information content (AvgIpc) is 2.81. The second-order valence-electron chi connectivity index (χ2n) is 5.36. The Hall–Kier alpha value is -0.650. The molecule has 118 valence electrons. The molecule has 0 saturated heterocycles. The zero-order valence-electron chi connectivity index (χ0n) is 12.9. The predicted molar refractivity (Wildman–Crippen MR) is 77.4 cm³/mol. The number of ether oxygens (including phenoxy) is 3. The van der Waals surface area contributed by atoms with E-state index >= 15 is 0 Å². The summed E-state index contributed by atoms with van der Waals surface area (Å²) in [5.41, 5.74) is 5.45. The number of esters is 1. The van der Waals surface area contributed by atoms with E-state index in [2.05, 4.69) is 6.92 Å². The molecule has 2 N–H and O–H groups in total. The van der Waals surface area contributed by atoms with Gasteiger partial charge in [-0.15, -0.1) is 0 Å². The monoisotopic (exact) mass is 287 g/mol. The maximum absolute atomic E-state index is 12.0. The minimum Gasteiger partial charge on any atom is -0.465 e. The van der Waals surface area contributed by atoms with Crippen LogP contribution in [0.25, 0.3) is 0 Å². The van der Waals surface area contributed by atoms with E-state index in [0.717, 1.165) is 38.7 Å². The average molecular weight is 287 g/mol. The van der Waals surface area contributed by atoms with Crippen molar-refractivity contribution in [2.24, 2.45) is 11.7 Å². The lowest BCUT2D eigenvalue weighted by molar-refractivity contribution is -0.151. The molecular weight excluding hydrogens is 258 g/mol. The lowest BCUT2D eigenvalue weighted by atomic mass is 9.86. The molecule has 0 aromatic rings. The lowest BCUT2D eigenvalue weighted by Gasteiger charge is -2.28. The third-order valence-corrected chi connectivity index (χ3v) is 3.86. The van der Waals surface area contributed by atoms with Crippen molar-refractivity contribution in [3.8, 4) is 0 Å². The van der Waals surface area contributed by atoms with Gasteiger partial charge in [-0.2, -0.15) is 0 Å². The van der Waals surface area contributed by atoms with Crippen LogP contribution in [-0.4, -0.2) is 44.5 Å². The molecule has 0 aromatic heterocycles. The first-order valence-electron chi connectivity index (χ1n) is 7.76. The van der Waals surface area contributed by atoms with E-state index in [4.69, 9.17) is 19.9 Å². The Morgan fingerprint density at radius 2 is 1.90 bits per heavy atom. The number of nitrogens with two attached hydrogens (primary N) is 1. The second-order valence-corrected chi connectivity index (χ2v) is 5.36. The Morgan fingerprint density at radius 3 is 2.55 bits per heavy atom. The van der Waals surface area contributed by atoms with Crippen LogP contribution in [0.2, 0.25) is 0 Å². The molecule has 5 nitrogen and oxygen atoms in total. The van der Waals surface area contributed by atoms with E-state index in [1.807, 2.05) is 6.92 Å². The summed E-state index contributed by atoms with van der Waals surface area (Å²) in [6.07, 6.45) is 4.51. The molecule has 0 aliphatic heterocycles. The number of carbonyl (C=O) groups excluding carboxylic acids is 1. The van der Waals surface area contributed by atoms with Gasteiger partial charge >= 0.3 is 5.97 Å². The van der Waals surface area contributed by atoms with Gasteiger partial charge in [0, 0.05) is 13.2 Å². The maximum Gasteiger partial charge on any atom is 0.326 e. The van der Waals surface area contributed by atoms with Crippen LogP contribution in [-0.2, 0) is 19.0 Å². The van der Waals surface area contributed by atoms with Crippen molar-refractivity contribution in [2.75, 3.05) is 33.0 Å². The van der Waals surface area contributed by atoms with Crippen LogP contribution < -0.4 is 5.73 Å². The summed E-state index contributed by atoms with van der Waals surface area (Å²) in [7, 11) is 0. The highest BCUT2D eigenvalue weighted by atomic mass is 16.5. The van der Waals surface area contributed by atoms with Gasteiger partial charge in [-0.3, -0.25) is 4.79 Å². The summed E-state index contributed by atoms with van der Waals surface area (Å²) in [4.78, 5) is 12.0. The molecule has 0 heterocycles. The molecule has 1 saturated carbocycles. The minimum atomic E-state index is -0.807. The van der Waals surface area contributed by atoms with Crippen LogP contribution in [0, 0.1) is 5.92 Å². The van der Waals surface area contributed by atoms with Gasteiger partial charge in [0.05, 0.1) is 19.8 Å². The predicted octanol–water partition coefficient (Wildman–Crippen LogP) is 1.88. The van der Waals surface area contributed by atoms with Crippen LogP contribution >= 0.6 is 0 Å². The molecule has 1 rings (SSSR count). The highest BCUT2D eigenvalue weighted by Gasteiger charge is 2.46. The Bertz CT molecular complexity index is 285. The third kappa shape index (κ3) is 5.04. The van der Waals surface area contributed by atoms with Crippen molar-refractivity contribution in [2.45, 2.75) is 51.5 Å². The fourth-order valence-electron chi connectivity index (χ4n) is 2.73. The molecule has 0 spiro atoms. The van der Waals surface area contributed by atoms with Crippen LogP contribution in [0.4, 0.5) is 0 Å². The van der Waals surface area contributed by atoms with Crippen molar-refractivity contribution in [1.82, 2.24) is 0 Å². The highest BCUT2D eigenvalue weighted by Crippen LogP contribution is 2.36. The van der Waals surface area contributed by atoms with Gasteiger partial charge < -0.3 is 19.9 Å². The fourth-order valence-corrected chi connectivity index (χ4v) is 2.73. The first-order valence-corrected chi connectivity index (χ1v) is 7.76. The Balaban J connectivity index is 2.23. The van der Waals surface area contributed by atoms with Crippen molar-refractivity contribution in [1.29, 1.82) is 0 Å². The first kappa shape index (κ1) is 17.4. The van der Waals surface area contributed by atoms with Crippen LogP contribution in [0.5, 0.6) is 0 Å². The Morgan fingerprint density at radius 1 is 1.20 bits per heavy atom. The molecule has 1 fully saturated rings. The third-order valence-electron chi connectivity index (χ3n) is 3.86. The largest absolute Gasteiger partial charge is 0.465 e. The second kappa shape index (κ2) is 9.32. The molecule has 0 radical (unpaired) electrons. The molecule has 2 unspecified atom stereocenters. The standard InChI is InChI=1S/C15H29NO4/c1-3-9-18-11-12-19-10-7-13-6-5-8-15(13,16)14(17)20-4-2/h13H,3-12,16H2,1-2H3. The fraction of sp³-hybridized carbons (Fsp3) is 0.933. The number of rotatable bonds is 10. The van der Waals surface area contributed by atoms with Crippen LogP contribution in [0.1, 0.15) is 46.0 Å². The van der Waals surface area contributed by atoms with Crippen LogP contribution in [0.15, 0.2) is 0 Å². The maximum atomic E-state index is 12.0. The lowest BCUT2D eigenvalue weighted by Crippen LogP contribution is -2.52. The van der Waals surface area contributed by atoms with E-state index in [1.54, 1.807) is 0 Å². The molecule has 1 aliphatic rings. The minimum absolute atomic E-state index is 0.165. The molecule has 20 heavy (non-hydrogen) atoms. The van der Waals surface area contributed by atoms with E-state index in [0.29, 0.717) is 26.4 Å². The summed E-state index contributed by atoms with van der Waals surface area (Å²) in [5, 5.41) is 0. The quantitative estimate of drug-likeness (QED) is 0.491. The zero-order chi connectivity index (χ0) is 14.8. The van der Waals surface area contributed by atoms with Gasteiger partial charge in [0.1, 0.15) is 5.54 Å².